The summed E-state index contributed by atoms with van der Waals surface area (Å²) < 4.78 is 10.1. The van der Waals surface area contributed by atoms with Crippen molar-refractivity contribution < 1.29 is 13.9 Å². The summed E-state index contributed by atoms with van der Waals surface area (Å²) in [7, 11) is 0. The lowest BCUT2D eigenvalue weighted by Gasteiger charge is -2.05. The minimum Gasteiger partial charge on any atom is -0.449 e. The van der Waals surface area contributed by atoms with E-state index in [4.69, 9.17) is 14.4 Å². The van der Waals surface area contributed by atoms with Crippen LogP contribution in [0, 0.1) is 11.3 Å². The standard InChI is InChI=1S/C14H12N2O3/c15-8-12-6-7-13(19-12)9-16-14(17)18-10-11-4-2-1-3-5-11/h1-7H,9-10H2,(H,16,17). The van der Waals surface area contributed by atoms with E-state index in [1.165, 1.54) is 0 Å². The molecule has 1 aromatic carbocycles. The molecule has 0 unspecified atom stereocenters. The highest BCUT2D eigenvalue weighted by Gasteiger charge is 2.05. The van der Waals surface area contributed by atoms with Gasteiger partial charge in [0.1, 0.15) is 18.4 Å². The molecule has 1 aromatic heterocycles. The third-order valence-corrected chi connectivity index (χ3v) is 2.39. The van der Waals surface area contributed by atoms with Gasteiger partial charge in [0.05, 0.1) is 6.54 Å². The van der Waals surface area contributed by atoms with Crippen LogP contribution in [-0.4, -0.2) is 6.09 Å². The van der Waals surface area contributed by atoms with Crippen molar-refractivity contribution in [3.63, 3.8) is 0 Å². The van der Waals surface area contributed by atoms with Crippen LogP contribution in [0.1, 0.15) is 17.1 Å². The number of ether oxygens (including phenoxy) is 1. The zero-order valence-electron chi connectivity index (χ0n) is 10.1. The van der Waals surface area contributed by atoms with Crippen molar-refractivity contribution in [3.8, 4) is 6.07 Å². The van der Waals surface area contributed by atoms with Gasteiger partial charge in [-0.15, -0.1) is 0 Å². The minimum atomic E-state index is -0.529. The second-order valence-corrected chi connectivity index (χ2v) is 3.79. The zero-order chi connectivity index (χ0) is 13.5. The number of hydrogen-bond donors (Lipinski definition) is 1. The van der Waals surface area contributed by atoms with Gasteiger partial charge in [-0.1, -0.05) is 30.3 Å². The first kappa shape index (κ1) is 12.7. The number of carbonyl (C=O) groups is 1. The van der Waals surface area contributed by atoms with Crippen LogP contribution in [0.4, 0.5) is 4.79 Å². The number of hydrogen-bond acceptors (Lipinski definition) is 4. The van der Waals surface area contributed by atoms with Crippen LogP contribution in [0.25, 0.3) is 0 Å². The molecule has 0 saturated carbocycles. The van der Waals surface area contributed by atoms with Gasteiger partial charge in [-0.2, -0.15) is 5.26 Å². The molecule has 0 aliphatic heterocycles. The first-order valence-electron chi connectivity index (χ1n) is 5.71. The van der Waals surface area contributed by atoms with Gasteiger partial charge in [-0.05, 0) is 17.7 Å². The summed E-state index contributed by atoms with van der Waals surface area (Å²) in [5.41, 5.74) is 0.919. The molecule has 0 atom stereocenters. The van der Waals surface area contributed by atoms with Crippen molar-refractivity contribution in [2.24, 2.45) is 0 Å². The third-order valence-electron chi connectivity index (χ3n) is 2.39. The smallest absolute Gasteiger partial charge is 0.407 e. The van der Waals surface area contributed by atoms with Gasteiger partial charge in [0.2, 0.25) is 5.76 Å². The summed E-state index contributed by atoms with van der Waals surface area (Å²) in [4.78, 5) is 11.4. The molecule has 0 spiro atoms. The van der Waals surface area contributed by atoms with Crippen LogP contribution in [0.2, 0.25) is 0 Å². The summed E-state index contributed by atoms with van der Waals surface area (Å²) >= 11 is 0. The molecule has 19 heavy (non-hydrogen) atoms. The van der Waals surface area contributed by atoms with Gasteiger partial charge in [0.25, 0.3) is 0 Å². The minimum absolute atomic E-state index is 0.190. The van der Waals surface area contributed by atoms with E-state index < -0.39 is 6.09 Å². The lowest BCUT2D eigenvalue weighted by Crippen LogP contribution is -2.23. The van der Waals surface area contributed by atoms with E-state index in [1.807, 2.05) is 36.4 Å². The highest BCUT2D eigenvalue weighted by molar-refractivity contribution is 5.67. The van der Waals surface area contributed by atoms with E-state index >= 15 is 0 Å². The van der Waals surface area contributed by atoms with E-state index in [2.05, 4.69) is 5.32 Å². The number of nitrogens with one attached hydrogen (secondary N) is 1. The largest absolute Gasteiger partial charge is 0.449 e. The molecular weight excluding hydrogens is 244 g/mol. The number of amides is 1. The number of benzene rings is 1. The quantitative estimate of drug-likeness (QED) is 0.912. The van der Waals surface area contributed by atoms with Crippen LogP contribution in [0.5, 0.6) is 0 Å². The van der Waals surface area contributed by atoms with Crippen LogP contribution in [-0.2, 0) is 17.9 Å². The molecule has 0 fully saturated rings. The summed E-state index contributed by atoms with van der Waals surface area (Å²) in [5, 5.41) is 11.1. The maximum atomic E-state index is 11.4. The highest BCUT2D eigenvalue weighted by atomic mass is 16.5. The predicted octanol–water partition coefficient (Wildman–Crippen LogP) is 2.58. The molecule has 2 rings (SSSR count). The van der Waals surface area contributed by atoms with E-state index in [0.29, 0.717) is 5.76 Å². The maximum absolute atomic E-state index is 11.4. The average molecular weight is 256 g/mol. The van der Waals surface area contributed by atoms with Crippen molar-refractivity contribution in [1.29, 1.82) is 5.26 Å². The van der Waals surface area contributed by atoms with Gasteiger partial charge in [0, 0.05) is 0 Å². The molecular formula is C14H12N2O3. The molecule has 1 heterocycles. The molecule has 0 saturated heterocycles. The maximum Gasteiger partial charge on any atom is 0.407 e. The normalized spacial score (nSPS) is 9.63. The van der Waals surface area contributed by atoms with Gasteiger partial charge < -0.3 is 14.5 Å². The van der Waals surface area contributed by atoms with E-state index in [-0.39, 0.29) is 18.9 Å². The fourth-order valence-electron chi connectivity index (χ4n) is 1.47. The topological polar surface area (TPSA) is 75.3 Å². The molecule has 0 aliphatic rings. The van der Waals surface area contributed by atoms with E-state index in [9.17, 15) is 4.79 Å². The Morgan fingerprint density at radius 1 is 1.26 bits per heavy atom. The lowest BCUT2D eigenvalue weighted by atomic mass is 10.2. The number of alkyl carbamates (subject to hydrolysis) is 1. The van der Waals surface area contributed by atoms with Crippen LogP contribution in [0.3, 0.4) is 0 Å². The van der Waals surface area contributed by atoms with Crippen LogP contribution < -0.4 is 5.32 Å². The number of rotatable bonds is 4. The predicted molar refractivity (Wildman–Crippen MR) is 66.9 cm³/mol. The molecule has 5 nitrogen and oxygen atoms in total. The average Bonchev–Trinajstić information content (AvgIpc) is 2.92. The lowest BCUT2D eigenvalue weighted by molar-refractivity contribution is 0.138. The highest BCUT2D eigenvalue weighted by Crippen LogP contribution is 2.06. The van der Waals surface area contributed by atoms with Crippen LogP contribution >= 0.6 is 0 Å². The first-order chi connectivity index (χ1) is 9.28. The summed E-state index contributed by atoms with van der Waals surface area (Å²) in [5.74, 6) is 0.725. The van der Waals surface area contributed by atoms with E-state index in [0.717, 1.165) is 5.56 Å². The van der Waals surface area contributed by atoms with Gasteiger partial charge >= 0.3 is 6.09 Å². The molecule has 1 N–H and O–H groups in total. The number of carbonyl (C=O) groups excluding carboxylic acids is 1. The Hall–Kier alpha value is -2.74. The van der Waals surface area contributed by atoms with Gasteiger partial charge in [-0.25, -0.2) is 4.79 Å². The molecule has 5 heteroatoms. The number of nitrogens with zero attached hydrogens (tertiary/aromatic N) is 1. The van der Waals surface area contributed by atoms with Gasteiger partial charge in [-0.3, -0.25) is 0 Å². The molecule has 0 bridgehead atoms. The van der Waals surface area contributed by atoms with Crippen LogP contribution in [0.15, 0.2) is 46.9 Å². The molecule has 1 amide bonds. The summed E-state index contributed by atoms with van der Waals surface area (Å²) in [6.45, 7) is 0.406. The molecule has 2 aromatic rings. The Balaban J connectivity index is 1.74. The summed E-state index contributed by atoms with van der Waals surface area (Å²) in [6, 6.07) is 14.5. The molecule has 96 valence electrons. The van der Waals surface area contributed by atoms with Gasteiger partial charge in [0.15, 0.2) is 0 Å². The third kappa shape index (κ3) is 3.89. The summed E-state index contributed by atoms with van der Waals surface area (Å²) in [6.07, 6.45) is -0.529. The molecule has 0 aliphatic carbocycles. The Morgan fingerprint density at radius 3 is 2.74 bits per heavy atom. The van der Waals surface area contributed by atoms with E-state index in [1.54, 1.807) is 12.1 Å². The zero-order valence-corrected chi connectivity index (χ0v) is 10.1. The first-order valence-corrected chi connectivity index (χ1v) is 5.71. The Kier molecular flexibility index (Phi) is 4.19. The van der Waals surface area contributed by atoms with Crippen molar-refractivity contribution in [1.82, 2.24) is 5.32 Å². The number of nitriles is 1. The fraction of sp³-hybridized carbons (Fsp3) is 0.143. The monoisotopic (exact) mass is 256 g/mol. The fourth-order valence-corrected chi connectivity index (χ4v) is 1.47. The van der Waals surface area contributed by atoms with Crippen molar-refractivity contribution in [3.05, 3.63) is 59.5 Å². The second-order valence-electron chi connectivity index (χ2n) is 3.79. The molecule has 0 radical (unpaired) electrons. The van der Waals surface area contributed by atoms with Crippen molar-refractivity contribution in [2.75, 3.05) is 0 Å². The Morgan fingerprint density at radius 2 is 2.05 bits per heavy atom. The second kappa shape index (κ2) is 6.26. The van der Waals surface area contributed by atoms with Crippen molar-refractivity contribution in [2.45, 2.75) is 13.2 Å². The number of furan rings is 1. The SMILES string of the molecule is N#Cc1ccc(CNC(=O)OCc2ccccc2)o1. The Labute approximate surface area is 110 Å². The van der Waals surface area contributed by atoms with Crippen molar-refractivity contribution >= 4 is 6.09 Å². The Bertz CT molecular complexity index is 584.